The summed E-state index contributed by atoms with van der Waals surface area (Å²) >= 11 is 0. The normalized spacial score (nSPS) is 10.1. The van der Waals surface area contributed by atoms with Crippen LogP contribution in [0, 0.1) is 0 Å². The van der Waals surface area contributed by atoms with Gasteiger partial charge in [-0.25, -0.2) is 0 Å². The summed E-state index contributed by atoms with van der Waals surface area (Å²) in [6.07, 6.45) is 0. The Balaban J connectivity index is 0.000000194. The van der Waals surface area contributed by atoms with Gasteiger partial charge in [0.2, 0.25) is 0 Å². The Labute approximate surface area is 386 Å². The van der Waals surface area contributed by atoms with Crippen LogP contribution in [-0.2, 0) is 19.5 Å². The van der Waals surface area contributed by atoms with Gasteiger partial charge in [0.25, 0.3) is 0 Å². The molecule has 0 aromatic heterocycles. The number of rotatable bonds is 9. The van der Waals surface area contributed by atoms with Gasteiger partial charge in [0, 0.05) is 0 Å². The van der Waals surface area contributed by atoms with Crippen molar-refractivity contribution in [1.82, 2.24) is 0 Å². The smallest absolute Gasteiger partial charge is 1.00 e. The molecule has 0 amide bonds. The van der Waals surface area contributed by atoms with Crippen LogP contribution in [0.3, 0.4) is 0 Å². The van der Waals surface area contributed by atoms with E-state index in [9.17, 15) is 0 Å². The molecule has 0 heterocycles. The van der Waals surface area contributed by atoms with E-state index in [2.05, 4.69) is 273 Å². The van der Waals surface area contributed by atoms with Gasteiger partial charge in [-0.3, -0.25) is 0 Å². The molecule has 0 nitrogen and oxygen atoms in total. The maximum Gasteiger partial charge on any atom is 2.00 e. The van der Waals surface area contributed by atoms with Crippen LogP contribution in [0.4, 0.5) is 0 Å². The molecule has 0 aliphatic heterocycles. The van der Waals surface area contributed by atoms with Gasteiger partial charge in [-0.15, -0.1) is 0 Å². The van der Waals surface area contributed by atoms with Gasteiger partial charge in [0.1, 0.15) is 0 Å². The van der Waals surface area contributed by atoms with Crippen LogP contribution in [0.2, 0.25) is 0 Å². The van der Waals surface area contributed by atoms with E-state index in [1.807, 2.05) is 0 Å². The average Bonchev–Trinajstić information content (AvgIpc) is 3.30. The van der Waals surface area contributed by atoms with Crippen LogP contribution < -0.4 is 72.6 Å². The van der Waals surface area contributed by atoms with E-state index in [1.165, 1.54) is 47.7 Å². The van der Waals surface area contributed by atoms with Crippen LogP contribution in [-0.4, -0.2) is 0 Å². The molecule has 0 unspecified atom stereocenters. The zero-order valence-electron chi connectivity index (χ0n) is 32.9. The minimum Gasteiger partial charge on any atom is -1.00 e. The summed E-state index contributed by atoms with van der Waals surface area (Å²) in [6.45, 7) is 0. The molecule has 0 aliphatic rings. The standard InChI is InChI=1S/3C18H15P.2ClH.Rh/c3*1-4-10-16(11-5-1)19(17-12-6-2-7-13-17)18-14-8-3-9-15-18;;;/h3*1-15H;2*1H;/q;;;;;+2/p-2. The molecule has 0 aliphatic carbocycles. The van der Waals surface area contributed by atoms with Crippen molar-refractivity contribution in [2.45, 2.75) is 0 Å². The Hall–Kier alpha value is -4.53. The van der Waals surface area contributed by atoms with Crippen molar-refractivity contribution >= 4 is 71.5 Å². The Morgan fingerprint density at radius 3 is 0.317 bits per heavy atom. The summed E-state index contributed by atoms with van der Waals surface area (Å²) in [5.41, 5.74) is 0. The molecule has 0 saturated heterocycles. The van der Waals surface area contributed by atoms with Crippen molar-refractivity contribution in [3.05, 3.63) is 273 Å². The first-order valence-electron chi connectivity index (χ1n) is 19.2. The first-order chi connectivity index (χ1) is 28.3. The Morgan fingerprint density at radius 2 is 0.233 bits per heavy atom. The monoisotopic (exact) mass is 959 g/mol. The van der Waals surface area contributed by atoms with Crippen molar-refractivity contribution in [3.8, 4) is 0 Å². The zero-order valence-corrected chi connectivity index (χ0v) is 38.7. The molecule has 0 saturated carbocycles. The van der Waals surface area contributed by atoms with Crippen LogP contribution in [0.25, 0.3) is 0 Å². The van der Waals surface area contributed by atoms with Crippen molar-refractivity contribution in [1.29, 1.82) is 0 Å². The summed E-state index contributed by atoms with van der Waals surface area (Å²) in [4.78, 5) is 0. The second-order valence-corrected chi connectivity index (χ2v) is 19.7. The number of hydrogen-bond donors (Lipinski definition) is 0. The third-order valence-corrected chi connectivity index (χ3v) is 16.5. The van der Waals surface area contributed by atoms with Gasteiger partial charge in [-0.05, 0) is 71.5 Å². The Bertz CT molecular complexity index is 1870. The van der Waals surface area contributed by atoms with Crippen LogP contribution in [0.5, 0.6) is 0 Å². The molecule has 0 N–H and O–H groups in total. The molecule has 0 spiro atoms. The minimum absolute atomic E-state index is 0. The third-order valence-electron chi connectivity index (χ3n) is 9.13. The summed E-state index contributed by atoms with van der Waals surface area (Å²) < 4.78 is 0. The molecule has 299 valence electrons. The number of benzene rings is 9. The topological polar surface area (TPSA) is 0 Å². The molecule has 9 rings (SSSR count). The molecule has 0 atom stereocenters. The van der Waals surface area contributed by atoms with E-state index < -0.39 is 23.8 Å². The van der Waals surface area contributed by atoms with E-state index in [-0.39, 0.29) is 44.3 Å². The summed E-state index contributed by atoms with van der Waals surface area (Å²) in [7, 11) is -1.34. The van der Waals surface area contributed by atoms with E-state index in [4.69, 9.17) is 0 Å². The van der Waals surface area contributed by atoms with Crippen molar-refractivity contribution in [2.75, 3.05) is 0 Å². The first kappa shape index (κ1) is 48.1. The van der Waals surface area contributed by atoms with E-state index in [0.29, 0.717) is 0 Å². The zero-order chi connectivity index (χ0) is 38.7. The summed E-state index contributed by atoms with van der Waals surface area (Å²) in [6, 6.07) is 97.0. The molecule has 9 aromatic carbocycles. The first-order valence-corrected chi connectivity index (χ1v) is 23.2. The predicted octanol–water partition coefficient (Wildman–Crippen LogP) is 4.34. The fourth-order valence-corrected chi connectivity index (χ4v) is 13.5. The van der Waals surface area contributed by atoms with Crippen molar-refractivity contribution in [3.63, 3.8) is 0 Å². The van der Waals surface area contributed by atoms with Crippen molar-refractivity contribution in [2.24, 2.45) is 0 Å². The van der Waals surface area contributed by atoms with Gasteiger partial charge in [-0.2, -0.15) is 0 Å². The molecule has 0 bridgehead atoms. The summed E-state index contributed by atoms with van der Waals surface area (Å²) in [5.74, 6) is 0. The molecule has 0 fully saturated rings. The van der Waals surface area contributed by atoms with E-state index in [0.717, 1.165) is 0 Å². The van der Waals surface area contributed by atoms with Gasteiger partial charge < -0.3 is 24.8 Å². The quantitative estimate of drug-likeness (QED) is 0.150. The molecule has 6 heteroatoms. The number of halogens is 2. The van der Waals surface area contributed by atoms with E-state index >= 15 is 0 Å². The predicted molar refractivity (Wildman–Crippen MR) is 255 cm³/mol. The van der Waals surface area contributed by atoms with Crippen LogP contribution in [0.15, 0.2) is 273 Å². The summed E-state index contributed by atoms with van der Waals surface area (Å²) in [5, 5.41) is 12.6. The van der Waals surface area contributed by atoms with Crippen molar-refractivity contribution < 1.29 is 44.3 Å². The Morgan fingerprint density at radius 1 is 0.150 bits per heavy atom. The molecule has 9 aromatic rings. The number of hydrogen-bond acceptors (Lipinski definition) is 0. The average molecular weight is 961 g/mol. The molecular weight excluding hydrogens is 915 g/mol. The van der Waals surface area contributed by atoms with Crippen LogP contribution in [0.1, 0.15) is 0 Å². The fourth-order valence-electron chi connectivity index (χ4n) is 6.54. The Kier molecular flexibility index (Phi) is 21.4. The molecular formula is C54H45Cl2P3Rh. The second kappa shape index (κ2) is 26.6. The maximum atomic E-state index is 2.23. The van der Waals surface area contributed by atoms with Gasteiger partial charge in [0.15, 0.2) is 0 Å². The maximum absolute atomic E-state index is 2.23. The van der Waals surface area contributed by atoms with E-state index in [1.54, 1.807) is 0 Å². The largest absolute Gasteiger partial charge is 2.00 e. The van der Waals surface area contributed by atoms with Gasteiger partial charge >= 0.3 is 19.5 Å². The molecule has 60 heavy (non-hydrogen) atoms. The van der Waals surface area contributed by atoms with Gasteiger partial charge in [-0.1, -0.05) is 273 Å². The SMILES string of the molecule is [Cl-].[Cl-].[Rh+2].c1ccc(P(c2ccccc2)c2ccccc2)cc1.c1ccc(P(c2ccccc2)c2ccccc2)cc1.c1ccc(P(c2ccccc2)c2ccccc2)cc1. The van der Waals surface area contributed by atoms with Gasteiger partial charge in [0.05, 0.1) is 0 Å². The van der Waals surface area contributed by atoms with Crippen LogP contribution >= 0.6 is 23.8 Å². The minimum atomic E-state index is -0.446. The second-order valence-electron chi connectivity index (χ2n) is 13.0. The molecule has 1 radical (unpaired) electrons. The fraction of sp³-hybridized carbons (Fsp3) is 0. The third kappa shape index (κ3) is 13.8.